The van der Waals surface area contributed by atoms with Gasteiger partial charge in [-0.05, 0) is 84.0 Å². The van der Waals surface area contributed by atoms with E-state index in [0.717, 1.165) is 64.3 Å². The number of piperazine rings is 1. The van der Waals surface area contributed by atoms with Crippen LogP contribution < -0.4 is 0 Å². The van der Waals surface area contributed by atoms with Gasteiger partial charge in [-0.1, -0.05) is 6.92 Å². The zero-order chi connectivity index (χ0) is 19.2. The number of likely N-dealkylation sites (tertiary alicyclic amines) is 1. The van der Waals surface area contributed by atoms with E-state index in [1.54, 1.807) is 6.92 Å². The van der Waals surface area contributed by atoms with Gasteiger partial charge in [0.25, 0.3) is 0 Å². The highest BCUT2D eigenvalue weighted by molar-refractivity contribution is 5.81. The summed E-state index contributed by atoms with van der Waals surface area (Å²) in [5.41, 5.74) is 0. The number of Topliss-reactive ketones (excluding diaryl/α,β-unsaturated/α-hetero) is 1. The number of rotatable bonds is 6. The molecule has 2 heterocycles. The van der Waals surface area contributed by atoms with Crippen LogP contribution in [0.3, 0.4) is 0 Å². The summed E-state index contributed by atoms with van der Waals surface area (Å²) in [5, 5.41) is 0. The fourth-order valence-electron chi connectivity index (χ4n) is 5.00. The Morgan fingerprint density at radius 3 is 1.81 bits per heavy atom. The Balaban J connectivity index is 1.30. The van der Waals surface area contributed by atoms with Crippen LogP contribution in [0.4, 0.5) is 0 Å². The van der Waals surface area contributed by atoms with Gasteiger partial charge in [0.1, 0.15) is 5.78 Å². The zero-order valence-corrected chi connectivity index (χ0v) is 17.5. The van der Waals surface area contributed by atoms with Crippen molar-refractivity contribution < 1.29 is 9.59 Å². The summed E-state index contributed by atoms with van der Waals surface area (Å²) >= 11 is 0. The van der Waals surface area contributed by atoms with Crippen LogP contribution in [0.1, 0.15) is 58.8 Å². The van der Waals surface area contributed by atoms with Crippen LogP contribution >= 0.6 is 0 Å². The average molecular weight is 378 g/mol. The molecule has 5 heteroatoms. The van der Waals surface area contributed by atoms with E-state index in [-0.39, 0.29) is 11.8 Å². The van der Waals surface area contributed by atoms with Crippen molar-refractivity contribution in [1.82, 2.24) is 14.7 Å². The molecule has 1 amide bonds. The molecule has 0 bridgehead atoms. The summed E-state index contributed by atoms with van der Waals surface area (Å²) < 4.78 is 0. The molecule has 0 aromatic rings. The van der Waals surface area contributed by atoms with Crippen LogP contribution in [-0.4, -0.2) is 78.7 Å². The minimum atomic E-state index is 0.161. The number of carbonyl (C=O) groups is 2. The van der Waals surface area contributed by atoms with E-state index in [2.05, 4.69) is 21.6 Å². The van der Waals surface area contributed by atoms with Crippen LogP contribution in [0, 0.1) is 17.8 Å². The fourth-order valence-corrected chi connectivity index (χ4v) is 5.00. The standard InChI is InChI=1S/C22H39N3O2/c1-18-8-12-23(13-9-18)10-3-11-24-14-16-25(17-15-24)22(27)21-6-4-20(5-7-21)19(2)26/h18,20-21H,3-17H2,1-2H3. The van der Waals surface area contributed by atoms with Gasteiger partial charge in [0, 0.05) is 38.0 Å². The van der Waals surface area contributed by atoms with Gasteiger partial charge in [-0.3, -0.25) is 14.5 Å². The Morgan fingerprint density at radius 1 is 0.741 bits per heavy atom. The molecule has 1 saturated carbocycles. The Labute approximate surface area is 165 Å². The van der Waals surface area contributed by atoms with Gasteiger partial charge in [-0.2, -0.15) is 0 Å². The molecule has 2 saturated heterocycles. The number of carbonyl (C=O) groups excluding carboxylic acids is 2. The molecule has 0 radical (unpaired) electrons. The van der Waals surface area contributed by atoms with Gasteiger partial charge in [-0.15, -0.1) is 0 Å². The maximum atomic E-state index is 12.8. The first-order chi connectivity index (χ1) is 13.0. The first-order valence-electron chi connectivity index (χ1n) is 11.3. The molecular formula is C22H39N3O2. The Bertz CT molecular complexity index is 486. The number of hydrogen-bond donors (Lipinski definition) is 0. The molecule has 3 rings (SSSR count). The molecule has 154 valence electrons. The summed E-state index contributed by atoms with van der Waals surface area (Å²) in [7, 11) is 0. The van der Waals surface area contributed by atoms with E-state index in [9.17, 15) is 9.59 Å². The van der Waals surface area contributed by atoms with E-state index in [4.69, 9.17) is 0 Å². The van der Waals surface area contributed by atoms with E-state index < -0.39 is 0 Å². The van der Waals surface area contributed by atoms with Gasteiger partial charge in [-0.25, -0.2) is 0 Å². The third-order valence-corrected chi connectivity index (χ3v) is 7.16. The van der Waals surface area contributed by atoms with Crippen molar-refractivity contribution in [1.29, 1.82) is 0 Å². The minimum absolute atomic E-state index is 0.161. The Hall–Kier alpha value is -0.940. The predicted octanol–water partition coefficient (Wildman–Crippen LogP) is 2.65. The van der Waals surface area contributed by atoms with Gasteiger partial charge in [0.15, 0.2) is 0 Å². The van der Waals surface area contributed by atoms with Crippen LogP contribution in [-0.2, 0) is 9.59 Å². The van der Waals surface area contributed by atoms with Crippen molar-refractivity contribution in [3.8, 4) is 0 Å². The molecule has 0 spiro atoms. The molecule has 2 aliphatic heterocycles. The predicted molar refractivity (Wildman–Crippen MR) is 109 cm³/mol. The number of ketones is 1. The second-order valence-corrected chi connectivity index (χ2v) is 9.20. The second kappa shape index (κ2) is 10.0. The number of nitrogens with zero attached hydrogens (tertiary/aromatic N) is 3. The second-order valence-electron chi connectivity index (χ2n) is 9.20. The number of piperidine rings is 1. The summed E-state index contributed by atoms with van der Waals surface area (Å²) in [4.78, 5) is 31.5. The summed E-state index contributed by atoms with van der Waals surface area (Å²) in [6.45, 7) is 12.8. The summed E-state index contributed by atoms with van der Waals surface area (Å²) in [5.74, 6) is 1.92. The largest absolute Gasteiger partial charge is 0.340 e. The quantitative estimate of drug-likeness (QED) is 0.714. The monoisotopic (exact) mass is 377 g/mol. The summed E-state index contributed by atoms with van der Waals surface area (Å²) in [6, 6.07) is 0. The molecule has 0 N–H and O–H groups in total. The molecule has 0 atom stereocenters. The van der Waals surface area contributed by atoms with Gasteiger partial charge >= 0.3 is 0 Å². The highest BCUT2D eigenvalue weighted by Gasteiger charge is 2.32. The van der Waals surface area contributed by atoms with Gasteiger partial charge in [0.05, 0.1) is 0 Å². The first kappa shape index (κ1) is 20.8. The smallest absolute Gasteiger partial charge is 0.225 e. The molecule has 5 nitrogen and oxygen atoms in total. The lowest BCUT2D eigenvalue weighted by Gasteiger charge is -2.38. The third-order valence-electron chi connectivity index (χ3n) is 7.16. The lowest BCUT2D eigenvalue weighted by atomic mass is 9.79. The molecule has 1 aliphatic carbocycles. The van der Waals surface area contributed by atoms with Crippen molar-refractivity contribution in [2.75, 3.05) is 52.4 Å². The maximum Gasteiger partial charge on any atom is 0.225 e. The van der Waals surface area contributed by atoms with Crippen molar-refractivity contribution in [2.45, 2.75) is 58.8 Å². The van der Waals surface area contributed by atoms with E-state index in [1.807, 2.05) is 0 Å². The Morgan fingerprint density at radius 2 is 1.26 bits per heavy atom. The maximum absolute atomic E-state index is 12.8. The topological polar surface area (TPSA) is 43.9 Å². The van der Waals surface area contributed by atoms with Gasteiger partial charge in [0.2, 0.25) is 5.91 Å². The van der Waals surface area contributed by atoms with Crippen molar-refractivity contribution in [2.24, 2.45) is 17.8 Å². The minimum Gasteiger partial charge on any atom is -0.340 e. The summed E-state index contributed by atoms with van der Waals surface area (Å²) in [6.07, 6.45) is 7.57. The van der Waals surface area contributed by atoms with Crippen LogP contribution in [0.25, 0.3) is 0 Å². The van der Waals surface area contributed by atoms with Crippen molar-refractivity contribution in [3.63, 3.8) is 0 Å². The molecule has 0 aromatic carbocycles. The molecule has 3 fully saturated rings. The SMILES string of the molecule is CC(=O)C1CCC(C(=O)N2CCN(CCCN3CCC(C)CC3)CC2)CC1. The van der Waals surface area contributed by atoms with Crippen molar-refractivity contribution >= 4 is 11.7 Å². The molecule has 27 heavy (non-hydrogen) atoms. The first-order valence-corrected chi connectivity index (χ1v) is 11.3. The fraction of sp³-hybridized carbons (Fsp3) is 0.909. The molecular weight excluding hydrogens is 338 g/mol. The van der Waals surface area contributed by atoms with Crippen molar-refractivity contribution in [3.05, 3.63) is 0 Å². The third kappa shape index (κ3) is 6.02. The number of amides is 1. The molecule has 3 aliphatic rings. The van der Waals surface area contributed by atoms with E-state index in [0.29, 0.717) is 11.7 Å². The normalized spacial score (nSPS) is 29.0. The van der Waals surface area contributed by atoms with Gasteiger partial charge < -0.3 is 9.80 Å². The lowest BCUT2D eigenvalue weighted by molar-refractivity contribution is -0.139. The van der Waals surface area contributed by atoms with Crippen LogP contribution in [0.15, 0.2) is 0 Å². The van der Waals surface area contributed by atoms with E-state index in [1.165, 1.54) is 38.9 Å². The van der Waals surface area contributed by atoms with Crippen LogP contribution in [0.5, 0.6) is 0 Å². The highest BCUT2D eigenvalue weighted by Crippen LogP contribution is 2.30. The molecule has 0 unspecified atom stereocenters. The average Bonchev–Trinajstić information content (AvgIpc) is 2.69. The lowest BCUT2D eigenvalue weighted by Crippen LogP contribution is -2.51. The highest BCUT2D eigenvalue weighted by atomic mass is 16.2. The molecule has 0 aromatic heterocycles. The van der Waals surface area contributed by atoms with E-state index >= 15 is 0 Å². The zero-order valence-electron chi connectivity index (χ0n) is 17.5. The Kier molecular flexibility index (Phi) is 7.71. The number of hydrogen-bond acceptors (Lipinski definition) is 4. The van der Waals surface area contributed by atoms with Crippen LogP contribution in [0.2, 0.25) is 0 Å².